The van der Waals surface area contributed by atoms with E-state index in [2.05, 4.69) is 20.3 Å². The lowest BCUT2D eigenvalue weighted by Crippen LogP contribution is -2.29. The monoisotopic (exact) mass is 310 g/mol. The van der Waals surface area contributed by atoms with Crippen molar-refractivity contribution in [1.82, 2.24) is 20.3 Å². The Morgan fingerprint density at radius 1 is 1.17 bits per heavy atom. The predicted molar refractivity (Wildman–Crippen MR) is 83.9 cm³/mol. The molecule has 2 heterocycles. The maximum Gasteiger partial charge on any atom is 0.253 e. The summed E-state index contributed by atoms with van der Waals surface area (Å²) in [5.74, 6) is -0.367. The average molecular weight is 310 g/mol. The Labute approximate surface area is 131 Å². The first-order chi connectivity index (χ1) is 11.1. The number of carbonyl (C=O) groups excluding carboxylic acids is 1. The number of para-hydroxylation sites is 1. The molecule has 7 heteroatoms. The molecule has 3 N–H and O–H groups in total. The van der Waals surface area contributed by atoms with Crippen LogP contribution < -0.4 is 10.9 Å². The summed E-state index contributed by atoms with van der Waals surface area (Å²) in [6.07, 6.45) is 2.07. The smallest absolute Gasteiger partial charge is 0.253 e. The van der Waals surface area contributed by atoms with E-state index < -0.39 is 6.10 Å². The molecule has 0 fully saturated rings. The standard InChI is InChI=1S/C16H14N4O3/c21-13(11-4-2-6-14(22)20-11)9-19-16(23)10-3-1-5-12-15(10)18-8-7-17-12/h1-8,13,21H,9H2,(H,19,23)(H,20,22). The number of benzene rings is 1. The first kappa shape index (κ1) is 14.9. The maximum atomic E-state index is 12.3. The molecule has 0 radical (unpaired) electrons. The molecule has 0 spiro atoms. The van der Waals surface area contributed by atoms with Crippen LogP contribution in [0.5, 0.6) is 0 Å². The van der Waals surface area contributed by atoms with Crippen molar-refractivity contribution in [3.63, 3.8) is 0 Å². The number of amides is 1. The van der Waals surface area contributed by atoms with E-state index in [1.165, 1.54) is 12.3 Å². The van der Waals surface area contributed by atoms with Crippen LogP contribution in [0.25, 0.3) is 11.0 Å². The van der Waals surface area contributed by atoms with Crippen molar-refractivity contribution in [2.75, 3.05) is 6.54 Å². The molecule has 2 aromatic heterocycles. The summed E-state index contributed by atoms with van der Waals surface area (Å²) in [5.41, 5.74) is 1.53. The Bertz CT molecular complexity index is 901. The molecule has 0 aliphatic rings. The molecule has 0 aliphatic heterocycles. The van der Waals surface area contributed by atoms with Crippen LogP contribution in [0.4, 0.5) is 0 Å². The van der Waals surface area contributed by atoms with Gasteiger partial charge in [-0.05, 0) is 18.2 Å². The molecule has 7 nitrogen and oxygen atoms in total. The third kappa shape index (κ3) is 3.24. The van der Waals surface area contributed by atoms with Crippen molar-refractivity contribution < 1.29 is 9.90 Å². The number of hydrogen-bond acceptors (Lipinski definition) is 5. The van der Waals surface area contributed by atoms with Gasteiger partial charge in [-0.15, -0.1) is 0 Å². The van der Waals surface area contributed by atoms with E-state index in [0.29, 0.717) is 22.3 Å². The van der Waals surface area contributed by atoms with Gasteiger partial charge in [0.25, 0.3) is 5.91 Å². The highest BCUT2D eigenvalue weighted by molar-refractivity contribution is 6.04. The molecule has 1 atom stereocenters. The summed E-state index contributed by atoms with van der Waals surface area (Å²) in [7, 11) is 0. The minimum absolute atomic E-state index is 0.0323. The second-order valence-electron chi connectivity index (χ2n) is 4.93. The van der Waals surface area contributed by atoms with Gasteiger partial charge in [-0.1, -0.05) is 12.1 Å². The normalized spacial score (nSPS) is 12.0. The molecular formula is C16H14N4O3. The fourth-order valence-corrected chi connectivity index (χ4v) is 2.23. The summed E-state index contributed by atoms with van der Waals surface area (Å²) < 4.78 is 0. The average Bonchev–Trinajstić information content (AvgIpc) is 2.59. The van der Waals surface area contributed by atoms with Crippen LogP contribution in [0.3, 0.4) is 0 Å². The number of pyridine rings is 1. The van der Waals surface area contributed by atoms with Gasteiger partial charge in [0.1, 0.15) is 11.6 Å². The zero-order chi connectivity index (χ0) is 16.2. The van der Waals surface area contributed by atoms with Crippen LogP contribution in [0.2, 0.25) is 0 Å². The largest absolute Gasteiger partial charge is 0.385 e. The topological polar surface area (TPSA) is 108 Å². The predicted octanol–water partition coefficient (Wildman–Crippen LogP) is 0.781. The van der Waals surface area contributed by atoms with Gasteiger partial charge in [-0.3, -0.25) is 19.6 Å². The summed E-state index contributed by atoms with van der Waals surface area (Å²) in [6, 6.07) is 9.60. The van der Waals surface area contributed by atoms with Crippen molar-refractivity contribution in [2.24, 2.45) is 0 Å². The fourth-order valence-electron chi connectivity index (χ4n) is 2.23. The van der Waals surface area contributed by atoms with Gasteiger partial charge >= 0.3 is 0 Å². The van der Waals surface area contributed by atoms with Crippen LogP contribution in [0, 0.1) is 0 Å². The second-order valence-corrected chi connectivity index (χ2v) is 4.93. The molecule has 3 rings (SSSR count). The summed E-state index contributed by atoms with van der Waals surface area (Å²) in [5, 5.41) is 12.7. The third-order valence-corrected chi connectivity index (χ3v) is 3.35. The lowest BCUT2D eigenvalue weighted by molar-refractivity contribution is 0.0915. The number of hydrogen-bond donors (Lipinski definition) is 3. The van der Waals surface area contributed by atoms with Crippen LogP contribution in [0.1, 0.15) is 22.2 Å². The van der Waals surface area contributed by atoms with Gasteiger partial charge in [0.05, 0.1) is 11.1 Å². The van der Waals surface area contributed by atoms with E-state index in [4.69, 9.17) is 0 Å². The lowest BCUT2D eigenvalue weighted by Gasteiger charge is -2.12. The molecular weight excluding hydrogens is 296 g/mol. The number of aromatic amines is 1. The van der Waals surface area contributed by atoms with Gasteiger partial charge in [0.15, 0.2) is 0 Å². The molecule has 23 heavy (non-hydrogen) atoms. The number of aliphatic hydroxyl groups excluding tert-OH is 1. The molecule has 0 aliphatic carbocycles. The molecule has 3 aromatic rings. The Morgan fingerprint density at radius 2 is 1.96 bits per heavy atom. The zero-order valence-electron chi connectivity index (χ0n) is 12.1. The highest BCUT2D eigenvalue weighted by Crippen LogP contribution is 2.14. The van der Waals surface area contributed by atoms with Gasteiger partial charge < -0.3 is 15.4 Å². The summed E-state index contributed by atoms with van der Waals surface area (Å²) >= 11 is 0. The number of nitrogens with one attached hydrogen (secondary N) is 2. The van der Waals surface area contributed by atoms with Crippen molar-refractivity contribution in [1.29, 1.82) is 0 Å². The van der Waals surface area contributed by atoms with Gasteiger partial charge in [-0.2, -0.15) is 0 Å². The number of carbonyl (C=O) groups is 1. The Hall–Kier alpha value is -3.06. The zero-order valence-corrected chi connectivity index (χ0v) is 12.1. The number of rotatable bonds is 4. The number of H-pyrrole nitrogens is 1. The van der Waals surface area contributed by atoms with Crippen molar-refractivity contribution >= 4 is 16.9 Å². The first-order valence-electron chi connectivity index (χ1n) is 7.00. The van der Waals surface area contributed by atoms with E-state index in [1.807, 2.05) is 0 Å². The number of aliphatic hydroxyl groups is 1. The third-order valence-electron chi connectivity index (χ3n) is 3.35. The minimum Gasteiger partial charge on any atom is -0.385 e. The number of aromatic nitrogens is 3. The molecule has 116 valence electrons. The number of nitrogens with zero attached hydrogens (tertiary/aromatic N) is 2. The van der Waals surface area contributed by atoms with E-state index in [9.17, 15) is 14.7 Å². The quantitative estimate of drug-likeness (QED) is 0.660. The Kier molecular flexibility index (Phi) is 4.11. The molecule has 0 saturated carbocycles. The first-order valence-corrected chi connectivity index (χ1v) is 7.00. The van der Waals surface area contributed by atoms with E-state index in [-0.39, 0.29) is 18.0 Å². The second kappa shape index (κ2) is 6.37. The van der Waals surface area contributed by atoms with Gasteiger partial charge in [0.2, 0.25) is 5.56 Å². The summed E-state index contributed by atoms with van der Waals surface area (Å²) in [4.78, 5) is 34.4. The Morgan fingerprint density at radius 3 is 2.78 bits per heavy atom. The molecule has 1 amide bonds. The van der Waals surface area contributed by atoms with Gasteiger partial charge in [0, 0.05) is 30.7 Å². The minimum atomic E-state index is -1.01. The van der Waals surface area contributed by atoms with E-state index in [0.717, 1.165) is 0 Å². The lowest BCUT2D eigenvalue weighted by atomic mass is 10.1. The van der Waals surface area contributed by atoms with Crippen LogP contribution in [-0.4, -0.2) is 32.5 Å². The summed E-state index contributed by atoms with van der Waals surface area (Å²) in [6.45, 7) is -0.0323. The van der Waals surface area contributed by atoms with Crippen molar-refractivity contribution in [3.05, 3.63) is 70.4 Å². The molecule has 0 bridgehead atoms. The fraction of sp³-hybridized carbons (Fsp3) is 0.125. The van der Waals surface area contributed by atoms with Crippen molar-refractivity contribution in [3.8, 4) is 0 Å². The molecule has 0 saturated heterocycles. The van der Waals surface area contributed by atoms with Crippen molar-refractivity contribution in [2.45, 2.75) is 6.10 Å². The van der Waals surface area contributed by atoms with Gasteiger partial charge in [-0.25, -0.2) is 0 Å². The molecule has 1 unspecified atom stereocenters. The van der Waals surface area contributed by atoms with Crippen LogP contribution in [0.15, 0.2) is 53.6 Å². The Balaban J connectivity index is 1.75. The van der Waals surface area contributed by atoms with E-state index >= 15 is 0 Å². The SMILES string of the molecule is O=C(NCC(O)c1cccc(=O)[nH]1)c1cccc2nccnc12. The number of fused-ring (bicyclic) bond motifs is 1. The highest BCUT2D eigenvalue weighted by Gasteiger charge is 2.14. The maximum absolute atomic E-state index is 12.3. The van der Waals surface area contributed by atoms with Crippen LogP contribution in [-0.2, 0) is 0 Å². The highest BCUT2D eigenvalue weighted by atomic mass is 16.3. The molecule has 1 aromatic carbocycles. The van der Waals surface area contributed by atoms with E-state index in [1.54, 1.807) is 36.5 Å². The van der Waals surface area contributed by atoms with Crippen LogP contribution >= 0.6 is 0 Å².